The maximum absolute atomic E-state index is 13.8. The highest BCUT2D eigenvalue weighted by atomic mass is 16.7. The molecule has 0 unspecified atom stereocenters. The zero-order chi connectivity index (χ0) is 28.1. The van der Waals surface area contributed by atoms with Gasteiger partial charge >= 0.3 is 5.97 Å². The van der Waals surface area contributed by atoms with E-state index in [1.165, 1.54) is 0 Å². The Hall–Kier alpha value is -4.18. The number of phenols is 1. The minimum Gasteiger partial charge on any atom is -0.504 e. The first-order valence-electron chi connectivity index (χ1n) is 13.7. The Morgan fingerprint density at radius 2 is 2.02 bits per heavy atom. The van der Waals surface area contributed by atoms with Crippen LogP contribution in [0.25, 0.3) is 0 Å². The number of amides is 1. The number of phenolic OH excluding ortho intramolecular Hbond substituents is 1. The Kier molecular flexibility index (Phi) is 8.45. The molecule has 2 aliphatic rings. The van der Waals surface area contributed by atoms with Gasteiger partial charge in [0.05, 0.1) is 24.3 Å². The van der Waals surface area contributed by atoms with E-state index in [-0.39, 0.29) is 30.7 Å². The number of carboxylic acids is 1. The Morgan fingerprint density at radius 1 is 1.15 bits per heavy atom. The normalized spacial score (nSPS) is 20.0. The number of aromatic nitrogens is 2. The molecule has 1 fully saturated rings. The molecule has 0 spiro atoms. The highest BCUT2D eigenvalue weighted by Crippen LogP contribution is 2.47. The first-order chi connectivity index (χ1) is 19.5. The van der Waals surface area contributed by atoms with E-state index in [0.717, 1.165) is 24.2 Å². The summed E-state index contributed by atoms with van der Waals surface area (Å²) >= 11 is 0. The predicted octanol–water partition coefficient (Wildman–Crippen LogP) is 3.85. The molecule has 2 aromatic heterocycles. The van der Waals surface area contributed by atoms with Crippen LogP contribution in [-0.4, -0.2) is 69.4 Å². The lowest BCUT2D eigenvalue weighted by Gasteiger charge is -2.29. The van der Waals surface area contributed by atoms with Gasteiger partial charge in [-0.05, 0) is 61.2 Å². The summed E-state index contributed by atoms with van der Waals surface area (Å²) in [6.07, 6.45) is 7.91. The van der Waals surface area contributed by atoms with Crippen molar-refractivity contribution >= 4 is 17.6 Å². The van der Waals surface area contributed by atoms with Crippen molar-refractivity contribution in [3.05, 3.63) is 72.3 Å². The third kappa shape index (κ3) is 5.86. The molecule has 3 atom stereocenters. The molecular weight excluding hydrogens is 512 g/mol. The number of hydrogen-bond donors (Lipinski definition) is 2. The fraction of sp³-hybridized carbons (Fsp3) is 0.400. The lowest BCUT2D eigenvalue weighted by Crippen LogP contribution is -2.44. The van der Waals surface area contributed by atoms with Crippen molar-refractivity contribution in [2.75, 3.05) is 31.3 Å². The number of fused-ring (bicyclic) bond motifs is 1. The van der Waals surface area contributed by atoms with Gasteiger partial charge < -0.3 is 24.6 Å². The largest absolute Gasteiger partial charge is 0.504 e. The van der Waals surface area contributed by atoms with Gasteiger partial charge in [0.2, 0.25) is 18.4 Å². The number of nitrogens with zero attached hydrogens (tertiary/aromatic N) is 4. The fourth-order valence-corrected chi connectivity index (χ4v) is 5.75. The van der Waals surface area contributed by atoms with Crippen molar-refractivity contribution in [1.29, 1.82) is 0 Å². The summed E-state index contributed by atoms with van der Waals surface area (Å²) in [5.74, 6) is -1.77. The number of aryl methyl sites for hydroxylation is 1. The summed E-state index contributed by atoms with van der Waals surface area (Å²) < 4.78 is 10.8. The molecule has 210 valence electrons. The Balaban J connectivity index is 1.45. The fourth-order valence-electron chi connectivity index (χ4n) is 5.75. The van der Waals surface area contributed by atoms with Crippen LogP contribution in [0.1, 0.15) is 43.4 Å². The SMILES string of the molecule is CCCCN(C(=O)CN1C[C@H](c2cc(O)c3c(c2)OCO3)[C@@H](C(=O)O)[C@@H]1CCc1ccccn1)c1cccnc1. The predicted molar refractivity (Wildman–Crippen MR) is 148 cm³/mol. The molecule has 1 saturated heterocycles. The van der Waals surface area contributed by atoms with Crippen molar-refractivity contribution in [3.63, 3.8) is 0 Å². The van der Waals surface area contributed by atoms with Gasteiger partial charge in [-0.15, -0.1) is 0 Å². The van der Waals surface area contributed by atoms with Gasteiger partial charge in [0.25, 0.3) is 0 Å². The lowest BCUT2D eigenvalue weighted by atomic mass is 9.83. The summed E-state index contributed by atoms with van der Waals surface area (Å²) in [4.78, 5) is 38.9. The second-order valence-corrected chi connectivity index (χ2v) is 10.2. The summed E-state index contributed by atoms with van der Waals surface area (Å²) in [5.41, 5.74) is 2.22. The number of unbranched alkanes of at least 4 members (excludes halogenated alkanes) is 1. The highest BCUT2D eigenvalue weighted by molar-refractivity contribution is 5.94. The number of pyridine rings is 2. The van der Waals surface area contributed by atoms with E-state index in [4.69, 9.17) is 9.47 Å². The maximum Gasteiger partial charge on any atom is 0.308 e. The lowest BCUT2D eigenvalue weighted by molar-refractivity contribution is -0.143. The number of aliphatic carboxylic acids is 1. The number of carbonyl (C=O) groups is 2. The summed E-state index contributed by atoms with van der Waals surface area (Å²) in [7, 11) is 0. The van der Waals surface area contributed by atoms with Gasteiger partial charge in [-0.2, -0.15) is 0 Å². The quantitative estimate of drug-likeness (QED) is 0.369. The van der Waals surface area contributed by atoms with Gasteiger partial charge in [-0.1, -0.05) is 19.4 Å². The minimum atomic E-state index is -0.946. The molecule has 0 aliphatic carbocycles. The first kappa shape index (κ1) is 27.4. The van der Waals surface area contributed by atoms with E-state index < -0.39 is 23.8 Å². The van der Waals surface area contributed by atoms with Crippen molar-refractivity contribution in [1.82, 2.24) is 14.9 Å². The van der Waals surface area contributed by atoms with Crippen LogP contribution in [0.5, 0.6) is 17.2 Å². The van der Waals surface area contributed by atoms with Crippen LogP contribution in [0.4, 0.5) is 5.69 Å². The highest BCUT2D eigenvalue weighted by Gasteiger charge is 2.47. The number of anilines is 1. The molecule has 10 heteroatoms. The van der Waals surface area contributed by atoms with Crippen LogP contribution in [0.15, 0.2) is 61.1 Å². The van der Waals surface area contributed by atoms with Crippen molar-refractivity contribution in [3.8, 4) is 17.2 Å². The minimum absolute atomic E-state index is 0.00532. The number of benzene rings is 1. The van der Waals surface area contributed by atoms with Gasteiger partial charge in [0.15, 0.2) is 11.5 Å². The average Bonchev–Trinajstić information content (AvgIpc) is 3.58. The van der Waals surface area contributed by atoms with Crippen LogP contribution < -0.4 is 14.4 Å². The molecule has 2 N–H and O–H groups in total. The topological polar surface area (TPSA) is 125 Å². The standard InChI is InChI=1S/C30H34N4O6/c1-2-3-13-34(22-8-6-11-31-16-22)27(36)18-33-17-23(20-14-25(35)29-26(15-20)39-19-40-29)28(30(37)38)24(33)10-9-21-7-4-5-12-32-21/h4-8,11-12,14-16,23-24,28,35H,2-3,9-10,13,17-19H2,1H3,(H,37,38)/t23-,24+,28-/m1/s1. The number of rotatable bonds is 11. The summed E-state index contributed by atoms with van der Waals surface area (Å²) in [6, 6.07) is 12.2. The molecule has 4 heterocycles. The van der Waals surface area contributed by atoms with Crippen molar-refractivity contribution in [2.45, 2.75) is 44.6 Å². The molecule has 1 amide bonds. The van der Waals surface area contributed by atoms with Crippen LogP contribution in [-0.2, 0) is 16.0 Å². The smallest absolute Gasteiger partial charge is 0.308 e. The third-order valence-corrected chi connectivity index (χ3v) is 7.69. The molecule has 10 nitrogen and oxygen atoms in total. The van der Waals surface area contributed by atoms with Crippen LogP contribution >= 0.6 is 0 Å². The van der Waals surface area contributed by atoms with E-state index >= 15 is 0 Å². The maximum atomic E-state index is 13.8. The van der Waals surface area contributed by atoms with E-state index in [1.54, 1.807) is 41.7 Å². The molecule has 1 aromatic carbocycles. The number of carbonyl (C=O) groups excluding carboxylic acids is 1. The van der Waals surface area contributed by atoms with Gasteiger partial charge in [-0.25, -0.2) is 0 Å². The number of aromatic hydroxyl groups is 1. The van der Waals surface area contributed by atoms with E-state index in [1.807, 2.05) is 29.2 Å². The van der Waals surface area contributed by atoms with E-state index in [2.05, 4.69) is 16.9 Å². The molecular formula is C30H34N4O6. The van der Waals surface area contributed by atoms with Crippen LogP contribution in [0, 0.1) is 5.92 Å². The van der Waals surface area contributed by atoms with E-state index in [9.17, 15) is 19.8 Å². The zero-order valence-electron chi connectivity index (χ0n) is 22.5. The second kappa shape index (κ2) is 12.3. The monoisotopic (exact) mass is 546 g/mol. The van der Waals surface area contributed by atoms with Crippen LogP contribution in [0.3, 0.4) is 0 Å². The van der Waals surface area contributed by atoms with Crippen molar-refractivity contribution < 1.29 is 29.3 Å². The summed E-state index contributed by atoms with van der Waals surface area (Å²) in [5, 5.41) is 21.0. The van der Waals surface area contributed by atoms with E-state index in [0.29, 0.717) is 37.2 Å². The number of likely N-dealkylation sites (tertiary alicyclic amines) is 1. The molecule has 5 rings (SSSR count). The van der Waals surface area contributed by atoms with Gasteiger partial charge in [0.1, 0.15) is 0 Å². The van der Waals surface area contributed by atoms with Gasteiger partial charge in [-0.3, -0.25) is 24.5 Å². The summed E-state index contributed by atoms with van der Waals surface area (Å²) in [6.45, 7) is 3.01. The Morgan fingerprint density at radius 3 is 2.75 bits per heavy atom. The zero-order valence-corrected chi connectivity index (χ0v) is 22.5. The Bertz CT molecular complexity index is 1320. The van der Waals surface area contributed by atoms with Crippen molar-refractivity contribution in [2.24, 2.45) is 5.92 Å². The molecule has 40 heavy (non-hydrogen) atoms. The molecule has 0 saturated carbocycles. The number of ether oxygens (including phenoxy) is 2. The third-order valence-electron chi connectivity index (χ3n) is 7.69. The van der Waals surface area contributed by atoms with Crippen LogP contribution in [0.2, 0.25) is 0 Å². The average molecular weight is 547 g/mol. The second-order valence-electron chi connectivity index (χ2n) is 10.2. The number of hydrogen-bond acceptors (Lipinski definition) is 8. The van der Waals surface area contributed by atoms with Gasteiger partial charge in [0, 0.05) is 43.1 Å². The Labute approximate surface area is 233 Å². The molecule has 2 aliphatic heterocycles. The first-order valence-corrected chi connectivity index (χ1v) is 13.7. The molecule has 0 radical (unpaired) electrons. The molecule has 3 aromatic rings. The molecule has 0 bridgehead atoms. The number of carboxylic acid groups (broad SMARTS) is 1.